The topological polar surface area (TPSA) is 45.8 Å². The van der Waals surface area contributed by atoms with Crippen LogP contribution in [0.15, 0.2) is 35.3 Å². The molecular weight excluding hydrogens is 267 g/mol. The second-order valence-corrected chi connectivity index (χ2v) is 2.28. The van der Waals surface area contributed by atoms with E-state index in [9.17, 15) is 4.79 Å². The molecule has 2 rings (SSSR count). The van der Waals surface area contributed by atoms with Crippen molar-refractivity contribution in [1.29, 1.82) is 0 Å². The number of benzene rings is 1. The zero-order valence-electron chi connectivity index (χ0n) is 6.15. The first kappa shape index (κ1) is 9.18. The lowest BCUT2D eigenvalue weighted by molar-refractivity contribution is 1.12. The molecule has 1 heterocycles. The molecule has 0 aliphatic carbocycles. The van der Waals surface area contributed by atoms with Crippen LogP contribution in [0.4, 0.5) is 0 Å². The number of fused-ring (bicyclic) bond motifs is 1. The van der Waals surface area contributed by atoms with Gasteiger partial charge in [0, 0.05) is 11.6 Å². The Labute approximate surface area is 85.9 Å². The minimum absolute atomic E-state index is 0. The van der Waals surface area contributed by atoms with Gasteiger partial charge in [0.05, 0.1) is 5.52 Å². The molecule has 0 saturated carbocycles. The lowest BCUT2D eigenvalue weighted by Gasteiger charge is -1.92. The van der Waals surface area contributed by atoms with E-state index in [0.29, 0.717) is 0 Å². The average Bonchev–Trinajstić information content (AvgIpc) is 2.04. The minimum atomic E-state index is -0.302. The van der Waals surface area contributed by atoms with Gasteiger partial charge in [-0.1, -0.05) is 18.2 Å². The van der Waals surface area contributed by atoms with Crippen molar-refractivity contribution in [3.05, 3.63) is 40.9 Å². The number of para-hydroxylation sites is 1. The normalized spacial score (nSPS) is 9.33. The Bertz CT molecular complexity index is 438. The first-order valence-electron chi connectivity index (χ1n) is 3.30. The quantitative estimate of drug-likeness (QED) is 0.741. The third-order valence-electron chi connectivity index (χ3n) is 1.52. The molecule has 0 fully saturated rings. The summed E-state index contributed by atoms with van der Waals surface area (Å²) < 4.78 is 0. The van der Waals surface area contributed by atoms with Gasteiger partial charge in [-0.3, -0.25) is 0 Å². The molecule has 0 saturated heterocycles. The maximum atomic E-state index is 10.7. The van der Waals surface area contributed by atoms with Crippen molar-refractivity contribution in [2.75, 3.05) is 0 Å². The highest BCUT2D eigenvalue weighted by molar-refractivity contribution is 14.0. The fourth-order valence-corrected chi connectivity index (χ4v) is 0.999. The van der Waals surface area contributed by atoms with Gasteiger partial charge in [-0.15, -0.1) is 24.0 Å². The van der Waals surface area contributed by atoms with Crippen LogP contribution in [-0.2, 0) is 0 Å². The van der Waals surface area contributed by atoms with E-state index in [-0.39, 0.29) is 29.7 Å². The van der Waals surface area contributed by atoms with E-state index in [1.807, 2.05) is 24.3 Å². The number of rotatable bonds is 0. The SMILES string of the molecule is I.O=c1ncc2ccccc2[nH]1. The maximum absolute atomic E-state index is 10.7. The summed E-state index contributed by atoms with van der Waals surface area (Å²) in [6, 6.07) is 7.53. The van der Waals surface area contributed by atoms with E-state index in [2.05, 4.69) is 9.97 Å². The molecule has 0 unspecified atom stereocenters. The summed E-state index contributed by atoms with van der Waals surface area (Å²) in [7, 11) is 0. The molecule has 1 aromatic heterocycles. The molecule has 1 N–H and O–H groups in total. The highest BCUT2D eigenvalue weighted by Crippen LogP contribution is 2.05. The van der Waals surface area contributed by atoms with E-state index in [1.54, 1.807) is 6.20 Å². The number of hydrogen-bond acceptors (Lipinski definition) is 2. The van der Waals surface area contributed by atoms with Gasteiger partial charge >= 0.3 is 5.69 Å². The van der Waals surface area contributed by atoms with Crippen molar-refractivity contribution in [1.82, 2.24) is 9.97 Å². The van der Waals surface area contributed by atoms with Crippen LogP contribution in [0.3, 0.4) is 0 Å². The van der Waals surface area contributed by atoms with E-state index >= 15 is 0 Å². The van der Waals surface area contributed by atoms with Gasteiger partial charge in [-0.25, -0.2) is 9.78 Å². The van der Waals surface area contributed by atoms with Gasteiger partial charge in [0.25, 0.3) is 0 Å². The Balaban J connectivity index is 0.000000720. The zero-order chi connectivity index (χ0) is 7.68. The largest absolute Gasteiger partial charge is 0.345 e. The highest BCUT2D eigenvalue weighted by atomic mass is 127. The lowest BCUT2D eigenvalue weighted by atomic mass is 10.2. The lowest BCUT2D eigenvalue weighted by Crippen LogP contribution is -2.07. The number of aromatic amines is 1. The summed E-state index contributed by atoms with van der Waals surface area (Å²) in [6.45, 7) is 0. The summed E-state index contributed by atoms with van der Waals surface area (Å²) in [5.41, 5.74) is 0.524. The number of halogens is 1. The Hall–Kier alpha value is -0.910. The fourth-order valence-electron chi connectivity index (χ4n) is 0.999. The zero-order valence-corrected chi connectivity index (χ0v) is 8.48. The third kappa shape index (κ3) is 1.63. The molecule has 0 spiro atoms. The van der Waals surface area contributed by atoms with Gasteiger partial charge in [0.2, 0.25) is 0 Å². The van der Waals surface area contributed by atoms with Crippen LogP contribution < -0.4 is 5.69 Å². The monoisotopic (exact) mass is 274 g/mol. The van der Waals surface area contributed by atoms with Crippen molar-refractivity contribution >= 4 is 34.9 Å². The van der Waals surface area contributed by atoms with Gasteiger partial charge < -0.3 is 4.98 Å². The molecule has 0 amide bonds. The van der Waals surface area contributed by atoms with E-state index in [0.717, 1.165) is 10.9 Å². The van der Waals surface area contributed by atoms with E-state index < -0.39 is 0 Å². The Morgan fingerprint density at radius 3 is 2.83 bits per heavy atom. The van der Waals surface area contributed by atoms with Crippen molar-refractivity contribution in [2.45, 2.75) is 0 Å². The molecular formula is C8H7IN2O. The van der Waals surface area contributed by atoms with Crippen LogP contribution in [-0.4, -0.2) is 9.97 Å². The molecule has 0 radical (unpaired) electrons. The molecule has 2 aromatic rings. The van der Waals surface area contributed by atoms with E-state index in [1.165, 1.54) is 0 Å². The number of hydrogen-bond donors (Lipinski definition) is 1. The molecule has 0 aliphatic heterocycles. The number of H-pyrrole nitrogens is 1. The molecule has 0 atom stereocenters. The van der Waals surface area contributed by atoms with Crippen molar-refractivity contribution in [2.24, 2.45) is 0 Å². The summed E-state index contributed by atoms with van der Waals surface area (Å²) >= 11 is 0. The van der Waals surface area contributed by atoms with Gasteiger partial charge in [-0.2, -0.15) is 0 Å². The molecule has 1 aromatic carbocycles. The fraction of sp³-hybridized carbons (Fsp3) is 0. The van der Waals surface area contributed by atoms with Crippen molar-refractivity contribution in [3.63, 3.8) is 0 Å². The summed E-state index contributed by atoms with van der Waals surface area (Å²) in [6.07, 6.45) is 1.56. The Kier molecular flexibility index (Phi) is 2.80. The van der Waals surface area contributed by atoms with Crippen LogP contribution in [0.25, 0.3) is 10.9 Å². The van der Waals surface area contributed by atoms with Gasteiger partial charge in [0.15, 0.2) is 0 Å². The van der Waals surface area contributed by atoms with E-state index in [4.69, 9.17) is 0 Å². The van der Waals surface area contributed by atoms with Gasteiger partial charge in [0.1, 0.15) is 0 Å². The van der Waals surface area contributed by atoms with Crippen LogP contribution in [0.1, 0.15) is 0 Å². The van der Waals surface area contributed by atoms with Crippen LogP contribution >= 0.6 is 24.0 Å². The Morgan fingerprint density at radius 2 is 2.00 bits per heavy atom. The highest BCUT2D eigenvalue weighted by Gasteiger charge is 1.90. The molecule has 0 bridgehead atoms. The molecule has 0 aliphatic rings. The first-order chi connectivity index (χ1) is 5.36. The number of nitrogens with zero attached hydrogens (tertiary/aromatic N) is 1. The Morgan fingerprint density at radius 1 is 1.25 bits per heavy atom. The predicted octanol–water partition coefficient (Wildman–Crippen LogP) is 1.54. The minimum Gasteiger partial charge on any atom is -0.305 e. The van der Waals surface area contributed by atoms with Crippen molar-refractivity contribution in [3.8, 4) is 0 Å². The third-order valence-corrected chi connectivity index (χ3v) is 1.52. The van der Waals surface area contributed by atoms with Crippen LogP contribution in [0, 0.1) is 0 Å². The average molecular weight is 274 g/mol. The molecule has 62 valence electrons. The predicted molar refractivity (Wildman–Crippen MR) is 57.8 cm³/mol. The summed E-state index contributed by atoms with van der Waals surface area (Å²) in [5, 5.41) is 0.951. The second kappa shape index (κ2) is 3.66. The maximum Gasteiger partial charge on any atom is 0.345 e. The molecule has 4 heteroatoms. The van der Waals surface area contributed by atoms with Crippen LogP contribution in [0.2, 0.25) is 0 Å². The number of aromatic nitrogens is 2. The first-order valence-corrected chi connectivity index (χ1v) is 3.30. The smallest absolute Gasteiger partial charge is 0.305 e. The number of nitrogens with one attached hydrogen (secondary N) is 1. The molecule has 12 heavy (non-hydrogen) atoms. The van der Waals surface area contributed by atoms with Crippen LogP contribution in [0.5, 0.6) is 0 Å². The molecule has 3 nitrogen and oxygen atoms in total. The van der Waals surface area contributed by atoms with Crippen molar-refractivity contribution < 1.29 is 0 Å². The van der Waals surface area contributed by atoms with Gasteiger partial charge in [-0.05, 0) is 6.07 Å². The summed E-state index contributed by atoms with van der Waals surface area (Å²) in [5.74, 6) is 0. The second-order valence-electron chi connectivity index (χ2n) is 2.28. The summed E-state index contributed by atoms with van der Waals surface area (Å²) in [4.78, 5) is 16.9. The standard InChI is InChI=1S/C8H6N2O.HI/c11-8-9-5-6-3-1-2-4-7(6)10-8;/h1-5H,(H,9,10,11);1H.